The zero-order valence-corrected chi connectivity index (χ0v) is 10.9. The van der Waals surface area contributed by atoms with E-state index in [4.69, 9.17) is 11.5 Å². The van der Waals surface area contributed by atoms with E-state index < -0.39 is 5.91 Å². The molecule has 5 N–H and O–H groups in total. The van der Waals surface area contributed by atoms with Crippen LogP contribution in [0.25, 0.3) is 0 Å². The number of carbonyl (C=O) groups is 1. The van der Waals surface area contributed by atoms with Crippen molar-refractivity contribution in [1.82, 2.24) is 4.98 Å². The van der Waals surface area contributed by atoms with Gasteiger partial charge in [-0.2, -0.15) is 0 Å². The van der Waals surface area contributed by atoms with Crippen molar-refractivity contribution >= 4 is 17.4 Å². The first kappa shape index (κ1) is 13.8. The third kappa shape index (κ3) is 3.03. The van der Waals surface area contributed by atoms with Gasteiger partial charge in [0.25, 0.3) is 5.91 Å². The molecule has 0 saturated carbocycles. The summed E-state index contributed by atoms with van der Waals surface area (Å²) >= 11 is 0. The molecule has 0 saturated heterocycles. The van der Waals surface area contributed by atoms with Crippen molar-refractivity contribution in [1.29, 1.82) is 0 Å². The van der Waals surface area contributed by atoms with Crippen molar-refractivity contribution in [2.75, 3.05) is 11.1 Å². The summed E-state index contributed by atoms with van der Waals surface area (Å²) in [5, 5.41) is 3.04. The van der Waals surface area contributed by atoms with Gasteiger partial charge in [0.2, 0.25) is 0 Å². The standard InChI is InChI=1S/C14H15FN4O/c1-8(9-3-2-4-10(15)7-9)18-14-11(16)5-6-12(19-14)13(17)20/h2-8H,16H2,1H3,(H2,17,20)(H,18,19). The predicted octanol–water partition coefficient (Wildman–Crippen LogP) is 2.07. The maximum Gasteiger partial charge on any atom is 0.267 e. The van der Waals surface area contributed by atoms with Gasteiger partial charge in [0.15, 0.2) is 5.82 Å². The molecule has 1 heterocycles. The second-order valence-corrected chi connectivity index (χ2v) is 4.42. The number of nitrogens with zero attached hydrogens (tertiary/aromatic N) is 1. The lowest BCUT2D eigenvalue weighted by Crippen LogP contribution is -2.16. The zero-order valence-electron chi connectivity index (χ0n) is 10.9. The van der Waals surface area contributed by atoms with Gasteiger partial charge < -0.3 is 16.8 Å². The zero-order chi connectivity index (χ0) is 14.7. The van der Waals surface area contributed by atoms with Crippen LogP contribution in [0.2, 0.25) is 0 Å². The van der Waals surface area contributed by atoms with Crippen LogP contribution in [-0.2, 0) is 0 Å². The number of carbonyl (C=O) groups excluding carboxylic acids is 1. The fourth-order valence-corrected chi connectivity index (χ4v) is 1.79. The first-order valence-electron chi connectivity index (χ1n) is 6.05. The smallest absolute Gasteiger partial charge is 0.267 e. The van der Waals surface area contributed by atoms with Gasteiger partial charge in [0.1, 0.15) is 11.5 Å². The fourth-order valence-electron chi connectivity index (χ4n) is 1.79. The first-order valence-corrected chi connectivity index (χ1v) is 6.05. The van der Waals surface area contributed by atoms with E-state index in [-0.39, 0.29) is 17.6 Å². The van der Waals surface area contributed by atoms with E-state index in [1.165, 1.54) is 18.2 Å². The number of nitrogens with two attached hydrogens (primary N) is 2. The molecule has 0 aliphatic rings. The number of benzene rings is 1. The molecule has 0 aliphatic heterocycles. The predicted molar refractivity (Wildman–Crippen MR) is 75.6 cm³/mol. The number of halogens is 1. The first-order chi connectivity index (χ1) is 9.47. The van der Waals surface area contributed by atoms with Crippen LogP contribution in [0.4, 0.5) is 15.9 Å². The highest BCUT2D eigenvalue weighted by atomic mass is 19.1. The summed E-state index contributed by atoms with van der Waals surface area (Å²) in [6, 6.07) is 8.99. The Balaban J connectivity index is 2.25. The van der Waals surface area contributed by atoms with E-state index in [1.807, 2.05) is 6.92 Å². The fraction of sp³-hybridized carbons (Fsp3) is 0.143. The third-order valence-corrected chi connectivity index (χ3v) is 2.88. The number of amides is 1. The van der Waals surface area contributed by atoms with Gasteiger partial charge in [-0.25, -0.2) is 9.37 Å². The highest BCUT2D eigenvalue weighted by Crippen LogP contribution is 2.23. The Labute approximate surface area is 115 Å². The maximum atomic E-state index is 13.2. The summed E-state index contributed by atoms with van der Waals surface area (Å²) in [6.07, 6.45) is 0. The second kappa shape index (κ2) is 5.56. The minimum atomic E-state index is -0.633. The number of rotatable bonds is 4. The van der Waals surface area contributed by atoms with Crippen LogP contribution < -0.4 is 16.8 Å². The molecule has 6 heteroatoms. The van der Waals surface area contributed by atoms with Gasteiger partial charge in [-0.3, -0.25) is 4.79 Å². The van der Waals surface area contributed by atoms with Crippen LogP contribution in [-0.4, -0.2) is 10.9 Å². The monoisotopic (exact) mass is 274 g/mol. The van der Waals surface area contributed by atoms with E-state index in [0.29, 0.717) is 11.5 Å². The average Bonchev–Trinajstić information content (AvgIpc) is 2.41. The summed E-state index contributed by atoms with van der Waals surface area (Å²) in [5.74, 6) is -0.604. The Morgan fingerprint density at radius 1 is 1.35 bits per heavy atom. The van der Waals surface area contributed by atoms with Crippen LogP contribution in [0, 0.1) is 5.82 Å². The number of pyridine rings is 1. The highest BCUT2D eigenvalue weighted by molar-refractivity contribution is 5.91. The molecule has 104 valence electrons. The van der Waals surface area contributed by atoms with Gasteiger partial charge in [-0.05, 0) is 36.8 Å². The molecule has 1 atom stereocenters. The summed E-state index contributed by atoms with van der Waals surface area (Å²) < 4.78 is 13.2. The molecule has 0 aliphatic carbocycles. The van der Waals surface area contributed by atoms with E-state index in [9.17, 15) is 9.18 Å². The van der Waals surface area contributed by atoms with Crippen LogP contribution >= 0.6 is 0 Å². The Bertz CT molecular complexity index is 645. The number of hydrogen-bond donors (Lipinski definition) is 3. The highest BCUT2D eigenvalue weighted by Gasteiger charge is 2.11. The average molecular weight is 274 g/mol. The molecule has 20 heavy (non-hydrogen) atoms. The summed E-state index contributed by atoms with van der Waals surface area (Å²) in [4.78, 5) is 15.2. The van der Waals surface area contributed by atoms with E-state index in [1.54, 1.807) is 18.2 Å². The van der Waals surface area contributed by atoms with Crippen molar-refractivity contribution in [2.45, 2.75) is 13.0 Å². The minimum Gasteiger partial charge on any atom is -0.396 e. The molecule has 2 rings (SSSR count). The van der Waals surface area contributed by atoms with Gasteiger partial charge in [0, 0.05) is 0 Å². The Morgan fingerprint density at radius 2 is 2.10 bits per heavy atom. The van der Waals surface area contributed by atoms with Crippen LogP contribution in [0.5, 0.6) is 0 Å². The Hall–Kier alpha value is -2.63. The van der Waals surface area contributed by atoms with Crippen molar-refractivity contribution in [3.63, 3.8) is 0 Å². The normalized spacial score (nSPS) is 11.9. The van der Waals surface area contributed by atoms with Crippen molar-refractivity contribution in [3.05, 3.63) is 53.5 Å². The van der Waals surface area contributed by atoms with E-state index >= 15 is 0 Å². The quantitative estimate of drug-likeness (QED) is 0.795. The van der Waals surface area contributed by atoms with Gasteiger partial charge in [0.05, 0.1) is 11.7 Å². The largest absolute Gasteiger partial charge is 0.396 e. The third-order valence-electron chi connectivity index (χ3n) is 2.88. The molecule has 2 aromatic rings. The second-order valence-electron chi connectivity index (χ2n) is 4.42. The number of anilines is 2. The molecule has 1 unspecified atom stereocenters. The van der Waals surface area contributed by atoms with Crippen molar-refractivity contribution in [3.8, 4) is 0 Å². The van der Waals surface area contributed by atoms with Crippen LogP contribution in [0.15, 0.2) is 36.4 Å². The van der Waals surface area contributed by atoms with Crippen LogP contribution in [0.1, 0.15) is 29.0 Å². The summed E-state index contributed by atoms with van der Waals surface area (Å²) in [5.41, 5.74) is 12.2. The van der Waals surface area contributed by atoms with Gasteiger partial charge in [-0.1, -0.05) is 12.1 Å². The molecule has 1 amide bonds. The van der Waals surface area contributed by atoms with Crippen molar-refractivity contribution < 1.29 is 9.18 Å². The molecule has 1 aromatic carbocycles. The topological polar surface area (TPSA) is 94.0 Å². The minimum absolute atomic E-state index is 0.119. The Kier molecular flexibility index (Phi) is 3.84. The molecule has 0 bridgehead atoms. The molecule has 0 spiro atoms. The number of nitrogen functional groups attached to an aromatic ring is 1. The number of aromatic nitrogens is 1. The number of hydrogen-bond acceptors (Lipinski definition) is 4. The molecular formula is C14H15FN4O. The van der Waals surface area contributed by atoms with Gasteiger partial charge in [-0.15, -0.1) is 0 Å². The summed E-state index contributed by atoms with van der Waals surface area (Å²) in [6.45, 7) is 1.84. The lowest BCUT2D eigenvalue weighted by Gasteiger charge is -2.16. The Morgan fingerprint density at radius 3 is 2.75 bits per heavy atom. The van der Waals surface area contributed by atoms with Crippen molar-refractivity contribution in [2.24, 2.45) is 5.73 Å². The number of nitrogens with one attached hydrogen (secondary N) is 1. The molecule has 1 aromatic heterocycles. The lowest BCUT2D eigenvalue weighted by molar-refractivity contribution is 0.0995. The molecule has 5 nitrogen and oxygen atoms in total. The van der Waals surface area contributed by atoms with Crippen LogP contribution in [0.3, 0.4) is 0 Å². The maximum absolute atomic E-state index is 13.2. The van der Waals surface area contributed by atoms with E-state index in [2.05, 4.69) is 10.3 Å². The summed E-state index contributed by atoms with van der Waals surface area (Å²) in [7, 11) is 0. The SMILES string of the molecule is CC(Nc1nc(C(N)=O)ccc1N)c1cccc(F)c1. The molecule has 0 fully saturated rings. The number of primary amides is 1. The lowest BCUT2D eigenvalue weighted by atomic mass is 10.1. The molecular weight excluding hydrogens is 259 g/mol. The molecule has 0 radical (unpaired) electrons. The van der Waals surface area contributed by atoms with E-state index in [0.717, 1.165) is 5.56 Å². The van der Waals surface area contributed by atoms with Gasteiger partial charge >= 0.3 is 0 Å².